The molecular formula is C29H24N2O4. The molecule has 1 saturated heterocycles. The summed E-state index contributed by atoms with van der Waals surface area (Å²) in [6, 6.07) is 21.6. The van der Waals surface area contributed by atoms with Crippen molar-refractivity contribution in [3.63, 3.8) is 0 Å². The number of ketones is 1. The van der Waals surface area contributed by atoms with Gasteiger partial charge in [0.1, 0.15) is 11.5 Å². The van der Waals surface area contributed by atoms with Gasteiger partial charge in [0.25, 0.3) is 11.7 Å². The van der Waals surface area contributed by atoms with Gasteiger partial charge in [-0.05, 0) is 53.1 Å². The second-order valence-corrected chi connectivity index (χ2v) is 8.63. The molecule has 1 unspecified atom stereocenters. The van der Waals surface area contributed by atoms with E-state index in [2.05, 4.69) is 4.98 Å². The van der Waals surface area contributed by atoms with Gasteiger partial charge in [-0.25, -0.2) is 0 Å². The summed E-state index contributed by atoms with van der Waals surface area (Å²) in [7, 11) is 1.61. The first kappa shape index (κ1) is 22.3. The molecule has 6 heteroatoms. The van der Waals surface area contributed by atoms with Crippen LogP contribution in [0.25, 0.3) is 16.5 Å². The molecule has 174 valence electrons. The van der Waals surface area contributed by atoms with Crippen LogP contribution in [0.3, 0.4) is 0 Å². The van der Waals surface area contributed by atoms with Gasteiger partial charge in [0.15, 0.2) is 0 Å². The van der Waals surface area contributed by atoms with Crippen molar-refractivity contribution in [2.75, 3.05) is 7.11 Å². The molecule has 1 aromatic heterocycles. The number of likely N-dealkylation sites (tertiary alicyclic amines) is 1. The smallest absolute Gasteiger partial charge is 0.295 e. The summed E-state index contributed by atoms with van der Waals surface area (Å²) in [6.07, 6.45) is 3.33. The second-order valence-electron chi connectivity index (χ2n) is 8.63. The van der Waals surface area contributed by atoms with Crippen molar-refractivity contribution in [3.8, 4) is 5.75 Å². The number of aryl methyl sites for hydroxylation is 1. The highest BCUT2D eigenvalue weighted by Crippen LogP contribution is 2.40. The summed E-state index contributed by atoms with van der Waals surface area (Å²) in [5.74, 6) is -0.812. The van der Waals surface area contributed by atoms with Gasteiger partial charge in [0.2, 0.25) is 0 Å². The Bertz CT molecular complexity index is 1460. The molecule has 35 heavy (non-hydrogen) atoms. The van der Waals surface area contributed by atoms with Crippen LogP contribution >= 0.6 is 0 Å². The fourth-order valence-corrected chi connectivity index (χ4v) is 4.48. The van der Waals surface area contributed by atoms with E-state index in [1.807, 2.05) is 67.6 Å². The van der Waals surface area contributed by atoms with E-state index in [0.717, 1.165) is 33.2 Å². The second kappa shape index (κ2) is 9.06. The molecule has 0 aliphatic carbocycles. The van der Waals surface area contributed by atoms with Crippen molar-refractivity contribution < 1.29 is 19.4 Å². The van der Waals surface area contributed by atoms with Gasteiger partial charge in [0.05, 0.1) is 18.7 Å². The number of benzene rings is 3. The number of aliphatic hydroxyl groups is 1. The van der Waals surface area contributed by atoms with Crippen LogP contribution in [0.4, 0.5) is 0 Å². The van der Waals surface area contributed by atoms with Crippen molar-refractivity contribution >= 4 is 28.2 Å². The number of Topliss-reactive ketones (excluding diaryl/α,β-unsaturated/α-hetero) is 1. The fraction of sp³-hybridized carbons (Fsp3) is 0.138. The van der Waals surface area contributed by atoms with E-state index in [0.29, 0.717) is 5.56 Å². The normalized spacial score (nSPS) is 17.2. The van der Waals surface area contributed by atoms with Crippen LogP contribution in [0.1, 0.15) is 28.3 Å². The maximum Gasteiger partial charge on any atom is 0.295 e. The zero-order valence-corrected chi connectivity index (χ0v) is 19.4. The monoisotopic (exact) mass is 464 g/mol. The molecule has 1 atom stereocenters. The number of amides is 1. The van der Waals surface area contributed by atoms with Crippen LogP contribution in [0.5, 0.6) is 5.75 Å². The number of aliphatic hydroxyl groups excluding tert-OH is 1. The molecule has 0 radical (unpaired) electrons. The van der Waals surface area contributed by atoms with Crippen molar-refractivity contribution in [1.29, 1.82) is 0 Å². The predicted molar refractivity (Wildman–Crippen MR) is 134 cm³/mol. The van der Waals surface area contributed by atoms with E-state index < -0.39 is 17.7 Å². The van der Waals surface area contributed by atoms with Crippen LogP contribution < -0.4 is 4.74 Å². The molecule has 0 spiro atoms. The minimum Gasteiger partial charge on any atom is -0.507 e. The fourth-order valence-electron chi connectivity index (χ4n) is 4.48. The number of hydrogen-bond acceptors (Lipinski definition) is 5. The number of carbonyl (C=O) groups is 2. The van der Waals surface area contributed by atoms with Crippen LogP contribution in [-0.4, -0.2) is 33.8 Å². The Balaban J connectivity index is 1.64. The first-order valence-electron chi connectivity index (χ1n) is 11.3. The number of pyridine rings is 1. The molecule has 1 amide bonds. The van der Waals surface area contributed by atoms with E-state index in [1.54, 1.807) is 31.6 Å². The number of aromatic nitrogens is 1. The van der Waals surface area contributed by atoms with Crippen LogP contribution in [0.15, 0.2) is 90.8 Å². The highest BCUT2D eigenvalue weighted by Gasteiger charge is 2.46. The molecular weight excluding hydrogens is 440 g/mol. The largest absolute Gasteiger partial charge is 0.507 e. The zero-order valence-electron chi connectivity index (χ0n) is 19.4. The number of methoxy groups -OCH3 is 1. The number of nitrogens with zero attached hydrogens (tertiary/aromatic N) is 2. The molecule has 1 N–H and O–H groups in total. The third kappa shape index (κ3) is 4.15. The third-order valence-corrected chi connectivity index (χ3v) is 6.33. The van der Waals surface area contributed by atoms with Crippen LogP contribution in [-0.2, 0) is 16.1 Å². The quantitative estimate of drug-likeness (QED) is 0.250. The Labute approximate surface area is 203 Å². The lowest BCUT2D eigenvalue weighted by atomic mass is 9.94. The van der Waals surface area contributed by atoms with E-state index in [4.69, 9.17) is 4.74 Å². The molecule has 2 heterocycles. The first-order chi connectivity index (χ1) is 17.0. The summed E-state index contributed by atoms with van der Waals surface area (Å²) >= 11 is 0. The first-order valence-corrected chi connectivity index (χ1v) is 11.3. The maximum atomic E-state index is 13.3. The molecule has 1 aliphatic heterocycles. The highest BCUT2D eigenvalue weighted by molar-refractivity contribution is 6.46. The lowest BCUT2D eigenvalue weighted by Crippen LogP contribution is -2.29. The van der Waals surface area contributed by atoms with Crippen molar-refractivity contribution in [2.45, 2.75) is 19.5 Å². The Morgan fingerprint density at radius 1 is 1.00 bits per heavy atom. The average Bonchev–Trinajstić information content (AvgIpc) is 3.13. The minimum atomic E-state index is -0.720. The number of ether oxygens (including phenoxy) is 1. The lowest BCUT2D eigenvalue weighted by Gasteiger charge is -2.25. The Morgan fingerprint density at radius 3 is 2.46 bits per heavy atom. The molecule has 6 nitrogen and oxygen atoms in total. The summed E-state index contributed by atoms with van der Waals surface area (Å²) in [4.78, 5) is 32.1. The molecule has 5 rings (SSSR count). The summed E-state index contributed by atoms with van der Waals surface area (Å²) < 4.78 is 5.29. The van der Waals surface area contributed by atoms with E-state index in [-0.39, 0.29) is 17.9 Å². The summed E-state index contributed by atoms with van der Waals surface area (Å²) in [5.41, 5.74) is 3.16. The molecule has 3 aromatic carbocycles. The number of fused-ring (bicyclic) bond motifs is 1. The van der Waals surface area contributed by atoms with Gasteiger partial charge < -0.3 is 14.7 Å². The zero-order chi connectivity index (χ0) is 24.5. The predicted octanol–water partition coefficient (Wildman–Crippen LogP) is 5.17. The molecule has 0 bridgehead atoms. The van der Waals surface area contributed by atoms with Crippen molar-refractivity contribution in [3.05, 3.63) is 113 Å². The van der Waals surface area contributed by atoms with Crippen molar-refractivity contribution in [1.82, 2.24) is 9.88 Å². The SMILES string of the molecule is COc1ccc2cc(/C(O)=C3\C(=O)C(=O)N(Cc4cccnc4)C3c3ccc(C)cc3)ccc2c1. The highest BCUT2D eigenvalue weighted by atomic mass is 16.5. The molecule has 0 saturated carbocycles. The number of rotatable bonds is 5. The number of carbonyl (C=O) groups excluding carboxylic acids is 2. The van der Waals surface area contributed by atoms with Crippen LogP contribution in [0, 0.1) is 6.92 Å². The molecule has 4 aromatic rings. The van der Waals surface area contributed by atoms with Gasteiger partial charge in [0, 0.05) is 24.5 Å². The summed E-state index contributed by atoms with van der Waals surface area (Å²) in [6.45, 7) is 2.17. The van der Waals surface area contributed by atoms with Gasteiger partial charge in [-0.15, -0.1) is 0 Å². The number of hydrogen-bond donors (Lipinski definition) is 1. The van der Waals surface area contributed by atoms with Crippen molar-refractivity contribution in [2.24, 2.45) is 0 Å². The van der Waals surface area contributed by atoms with E-state index >= 15 is 0 Å². The Morgan fingerprint density at radius 2 is 1.74 bits per heavy atom. The Kier molecular flexibility index (Phi) is 5.79. The summed E-state index contributed by atoms with van der Waals surface area (Å²) in [5, 5.41) is 13.2. The average molecular weight is 465 g/mol. The van der Waals surface area contributed by atoms with Gasteiger partial charge in [-0.3, -0.25) is 14.6 Å². The van der Waals surface area contributed by atoms with E-state index in [9.17, 15) is 14.7 Å². The lowest BCUT2D eigenvalue weighted by molar-refractivity contribution is -0.140. The third-order valence-electron chi connectivity index (χ3n) is 6.33. The maximum absolute atomic E-state index is 13.3. The molecule has 1 fully saturated rings. The standard InChI is InChI=1S/C29H24N2O4/c1-18-5-7-20(8-6-18)26-25(28(33)29(34)31(26)17-19-4-3-13-30-16-19)27(32)23-10-9-22-15-24(35-2)12-11-21(22)14-23/h3-16,26,32H,17H2,1-2H3/b27-25+. The van der Waals surface area contributed by atoms with Gasteiger partial charge in [-0.2, -0.15) is 0 Å². The minimum absolute atomic E-state index is 0.0793. The van der Waals surface area contributed by atoms with Crippen LogP contribution in [0.2, 0.25) is 0 Å². The van der Waals surface area contributed by atoms with Gasteiger partial charge in [-0.1, -0.05) is 54.1 Å². The van der Waals surface area contributed by atoms with Gasteiger partial charge >= 0.3 is 0 Å². The Hall–Kier alpha value is -4.45. The topological polar surface area (TPSA) is 79.7 Å². The van der Waals surface area contributed by atoms with E-state index in [1.165, 1.54) is 4.90 Å². The molecule has 1 aliphatic rings.